The lowest BCUT2D eigenvalue weighted by molar-refractivity contribution is -0.141. The van der Waals surface area contributed by atoms with Crippen LogP contribution in [0.4, 0.5) is 24.1 Å². The Kier molecular flexibility index (Phi) is 4.33. The number of halogens is 3. The molecule has 23 heavy (non-hydrogen) atoms. The van der Waals surface area contributed by atoms with Crippen molar-refractivity contribution in [2.45, 2.75) is 32.0 Å². The van der Waals surface area contributed by atoms with Gasteiger partial charge in [-0.15, -0.1) is 10.2 Å². The number of aromatic nitrogens is 4. The van der Waals surface area contributed by atoms with Crippen molar-refractivity contribution in [3.63, 3.8) is 0 Å². The summed E-state index contributed by atoms with van der Waals surface area (Å²) in [6, 6.07) is 1.02. The first-order valence-corrected chi connectivity index (χ1v) is 7.94. The predicted octanol–water partition coefficient (Wildman–Crippen LogP) is 2.74. The van der Waals surface area contributed by atoms with Gasteiger partial charge in [0.05, 0.1) is 0 Å². The molecule has 0 saturated carbocycles. The number of aryl methyl sites for hydroxylation is 1. The first-order valence-electron chi connectivity index (χ1n) is 7.12. The molecule has 3 rings (SSSR count). The number of nitrogens with one attached hydrogen (secondary N) is 1. The molecule has 1 aliphatic rings. The van der Waals surface area contributed by atoms with Gasteiger partial charge >= 0.3 is 6.18 Å². The SMILES string of the molecule is Cc1nnc(N2CCC(Nc3cc(C(F)(F)F)ncn3)CC2)s1. The summed E-state index contributed by atoms with van der Waals surface area (Å²) in [5.74, 6) is 0.206. The van der Waals surface area contributed by atoms with Gasteiger partial charge in [0.1, 0.15) is 22.8 Å². The summed E-state index contributed by atoms with van der Waals surface area (Å²) < 4.78 is 38.0. The molecule has 1 aliphatic heterocycles. The molecule has 0 atom stereocenters. The summed E-state index contributed by atoms with van der Waals surface area (Å²) in [6.07, 6.45) is -1.93. The van der Waals surface area contributed by atoms with Crippen LogP contribution in [0.1, 0.15) is 23.5 Å². The first-order chi connectivity index (χ1) is 10.9. The van der Waals surface area contributed by atoms with Crippen LogP contribution < -0.4 is 10.2 Å². The Morgan fingerprint density at radius 2 is 1.96 bits per heavy atom. The Hall–Kier alpha value is -1.97. The molecule has 6 nitrogen and oxygen atoms in total. The van der Waals surface area contributed by atoms with Crippen LogP contribution in [0.3, 0.4) is 0 Å². The van der Waals surface area contributed by atoms with Gasteiger partial charge in [0, 0.05) is 25.2 Å². The second-order valence-corrected chi connectivity index (χ2v) is 6.46. The van der Waals surface area contributed by atoms with Crippen molar-refractivity contribution < 1.29 is 13.2 Å². The molecule has 1 saturated heterocycles. The highest BCUT2D eigenvalue weighted by atomic mass is 32.1. The Balaban J connectivity index is 1.59. The molecule has 0 aliphatic carbocycles. The Bertz CT molecular complexity index is 666. The summed E-state index contributed by atoms with van der Waals surface area (Å²) in [6.45, 7) is 3.47. The highest BCUT2D eigenvalue weighted by molar-refractivity contribution is 7.15. The van der Waals surface area contributed by atoms with E-state index in [0.717, 1.165) is 48.5 Å². The van der Waals surface area contributed by atoms with Gasteiger partial charge in [0.2, 0.25) is 5.13 Å². The lowest BCUT2D eigenvalue weighted by atomic mass is 10.1. The summed E-state index contributed by atoms with van der Waals surface area (Å²) in [4.78, 5) is 9.27. The molecule has 2 aromatic heterocycles. The molecule has 0 bridgehead atoms. The zero-order valence-corrected chi connectivity index (χ0v) is 13.2. The molecule has 1 fully saturated rings. The zero-order chi connectivity index (χ0) is 16.4. The third-order valence-electron chi connectivity index (χ3n) is 3.59. The maximum absolute atomic E-state index is 12.7. The van der Waals surface area contributed by atoms with Crippen LogP contribution in [0.25, 0.3) is 0 Å². The molecule has 3 heterocycles. The van der Waals surface area contributed by atoms with E-state index in [1.807, 2.05) is 6.92 Å². The third-order valence-corrected chi connectivity index (χ3v) is 4.49. The van der Waals surface area contributed by atoms with Gasteiger partial charge in [0.15, 0.2) is 0 Å². The van der Waals surface area contributed by atoms with E-state index < -0.39 is 11.9 Å². The molecule has 0 aromatic carbocycles. The second kappa shape index (κ2) is 6.26. The van der Waals surface area contributed by atoms with E-state index in [9.17, 15) is 13.2 Å². The predicted molar refractivity (Wildman–Crippen MR) is 80.5 cm³/mol. The fourth-order valence-corrected chi connectivity index (χ4v) is 3.17. The standard InChI is InChI=1S/C13H15F3N6S/c1-8-20-21-12(23-8)22-4-2-9(3-5-22)19-11-6-10(13(14,15)16)17-7-18-11/h6-7,9H,2-5H2,1H3,(H,17,18,19). The zero-order valence-electron chi connectivity index (χ0n) is 12.3. The number of piperidine rings is 1. The average molecular weight is 344 g/mol. The second-order valence-electron chi connectivity index (χ2n) is 5.30. The summed E-state index contributed by atoms with van der Waals surface area (Å²) >= 11 is 1.54. The number of hydrogen-bond acceptors (Lipinski definition) is 7. The highest BCUT2D eigenvalue weighted by Gasteiger charge is 2.33. The van der Waals surface area contributed by atoms with Gasteiger partial charge in [-0.2, -0.15) is 13.2 Å². The first kappa shape index (κ1) is 15.9. The fourth-order valence-electron chi connectivity index (χ4n) is 2.43. The van der Waals surface area contributed by atoms with Crippen molar-refractivity contribution in [3.8, 4) is 0 Å². The van der Waals surface area contributed by atoms with Gasteiger partial charge in [-0.05, 0) is 19.8 Å². The minimum absolute atomic E-state index is 0.0799. The third kappa shape index (κ3) is 3.87. The van der Waals surface area contributed by atoms with Crippen molar-refractivity contribution in [2.75, 3.05) is 23.3 Å². The maximum Gasteiger partial charge on any atom is 0.433 e. The van der Waals surface area contributed by atoms with Crippen molar-refractivity contribution in [3.05, 3.63) is 23.1 Å². The summed E-state index contributed by atoms with van der Waals surface area (Å²) in [5, 5.41) is 13.0. The van der Waals surface area contributed by atoms with Crippen LogP contribution in [0, 0.1) is 6.92 Å². The molecule has 0 radical (unpaired) electrons. The van der Waals surface area contributed by atoms with Crippen molar-refractivity contribution in [2.24, 2.45) is 0 Å². The van der Waals surface area contributed by atoms with E-state index in [4.69, 9.17) is 0 Å². The Morgan fingerprint density at radius 3 is 2.57 bits per heavy atom. The van der Waals surface area contributed by atoms with E-state index in [1.165, 1.54) is 0 Å². The van der Waals surface area contributed by atoms with Crippen LogP contribution in [0.5, 0.6) is 0 Å². The number of alkyl halides is 3. The molecular weight excluding hydrogens is 329 g/mol. The van der Waals surface area contributed by atoms with Crippen LogP contribution >= 0.6 is 11.3 Å². The van der Waals surface area contributed by atoms with Crippen molar-refractivity contribution >= 4 is 22.3 Å². The van der Waals surface area contributed by atoms with Crippen LogP contribution in [-0.4, -0.2) is 39.3 Å². The van der Waals surface area contributed by atoms with E-state index in [1.54, 1.807) is 11.3 Å². The number of anilines is 2. The van der Waals surface area contributed by atoms with Gasteiger partial charge in [0.25, 0.3) is 0 Å². The minimum atomic E-state index is -4.46. The average Bonchev–Trinajstić information content (AvgIpc) is 2.94. The van der Waals surface area contributed by atoms with Crippen molar-refractivity contribution in [1.82, 2.24) is 20.2 Å². The monoisotopic (exact) mass is 344 g/mol. The smallest absolute Gasteiger partial charge is 0.367 e. The lowest BCUT2D eigenvalue weighted by Gasteiger charge is -2.32. The fraction of sp³-hybridized carbons (Fsp3) is 0.538. The van der Waals surface area contributed by atoms with E-state index in [2.05, 4.69) is 30.4 Å². The molecule has 2 aromatic rings. The molecule has 1 N–H and O–H groups in total. The Labute approximate surface area is 134 Å². The molecular formula is C13H15F3N6S. The van der Waals surface area contributed by atoms with Crippen molar-refractivity contribution in [1.29, 1.82) is 0 Å². The van der Waals surface area contributed by atoms with Gasteiger partial charge in [-0.1, -0.05) is 11.3 Å². The van der Waals surface area contributed by atoms with Gasteiger partial charge < -0.3 is 10.2 Å². The van der Waals surface area contributed by atoms with Crippen LogP contribution in [0.15, 0.2) is 12.4 Å². The molecule has 124 valence electrons. The number of nitrogens with zero attached hydrogens (tertiary/aromatic N) is 5. The normalized spacial score (nSPS) is 16.6. The summed E-state index contributed by atoms with van der Waals surface area (Å²) in [7, 11) is 0. The highest BCUT2D eigenvalue weighted by Crippen LogP contribution is 2.29. The summed E-state index contributed by atoms with van der Waals surface area (Å²) in [5.41, 5.74) is -0.934. The van der Waals surface area contributed by atoms with E-state index in [-0.39, 0.29) is 11.9 Å². The topological polar surface area (TPSA) is 66.8 Å². The van der Waals surface area contributed by atoms with Crippen LogP contribution in [-0.2, 0) is 6.18 Å². The minimum Gasteiger partial charge on any atom is -0.367 e. The van der Waals surface area contributed by atoms with Gasteiger partial charge in [-0.25, -0.2) is 9.97 Å². The molecule has 10 heteroatoms. The lowest BCUT2D eigenvalue weighted by Crippen LogP contribution is -2.39. The van der Waals surface area contributed by atoms with E-state index >= 15 is 0 Å². The number of rotatable bonds is 3. The Morgan fingerprint density at radius 1 is 1.22 bits per heavy atom. The van der Waals surface area contributed by atoms with E-state index in [0.29, 0.717) is 0 Å². The molecule has 0 spiro atoms. The maximum atomic E-state index is 12.7. The van der Waals surface area contributed by atoms with Gasteiger partial charge in [-0.3, -0.25) is 0 Å². The number of hydrogen-bond donors (Lipinski definition) is 1. The molecule has 0 amide bonds. The quantitative estimate of drug-likeness (QED) is 0.923. The largest absolute Gasteiger partial charge is 0.433 e. The molecule has 0 unspecified atom stereocenters. The van der Waals surface area contributed by atoms with Crippen LogP contribution in [0.2, 0.25) is 0 Å².